The van der Waals surface area contributed by atoms with Gasteiger partial charge in [-0.15, -0.1) is 24.8 Å². The van der Waals surface area contributed by atoms with E-state index in [-0.39, 0.29) is 30.9 Å². The van der Waals surface area contributed by atoms with Crippen LogP contribution in [0.25, 0.3) is 0 Å². The van der Waals surface area contributed by atoms with Crippen LogP contribution in [0.15, 0.2) is 24.5 Å². The van der Waals surface area contributed by atoms with Gasteiger partial charge in [-0.1, -0.05) is 0 Å². The lowest BCUT2D eigenvalue weighted by atomic mass is 10.1. The lowest BCUT2D eigenvalue weighted by molar-refractivity contribution is 0.747. The average molecular weight is 220 g/mol. The fourth-order valence-corrected chi connectivity index (χ4v) is 0.827. The Morgan fingerprint density at radius 2 is 1.92 bits per heavy atom. The largest absolute Gasteiger partial charge is 0.323 e. The lowest BCUT2D eigenvalue weighted by Gasteiger charge is -2.05. The molecule has 0 bridgehead atoms. The first-order valence-corrected chi connectivity index (χ1v) is 3.37. The van der Waals surface area contributed by atoms with Gasteiger partial charge in [-0.2, -0.15) is 5.26 Å². The molecule has 1 atom stereocenters. The molecule has 1 rings (SSSR count). The minimum Gasteiger partial charge on any atom is -0.323 e. The molecule has 0 spiro atoms. The molecule has 0 unspecified atom stereocenters. The van der Waals surface area contributed by atoms with E-state index in [0.29, 0.717) is 6.42 Å². The van der Waals surface area contributed by atoms with Gasteiger partial charge in [-0.25, -0.2) is 0 Å². The summed E-state index contributed by atoms with van der Waals surface area (Å²) in [7, 11) is 0. The molecule has 0 saturated carbocycles. The van der Waals surface area contributed by atoms with Gasteiger partial charge in [0.2, 0.25) is 0 Å². The van der Waals surface area contributed by atoms with Gasteiger partial charge in [-0.3, -0.25) is 4.98 Å². The standard InChI is InChI=1S/C8H9N3.2ClH/c9-4-1-8(10)7-2-5-11-6-3-7;;/h2-3,5-6,8H,1,10H2;2*1H/t8-;;/m0../s1. The number of aromatic nitrogens is 1. The van der Waals surface area contributed by atoms with Gasteiger partial charge in [0.25, 0.3) is 0 Å². The molecule has 0 aromatic carbocycles. The van der Waals surface area contributed by atoms with Gasteiger partial charge >= 0.3 is 0 Å². The average Bonchev–Trinajstić information content (AvgIpc) is 2.07. The SMILES string of the molecule is Cl.Cl.N#CC[C@H](N)c1ccncc1. The Balaban J connectivity index is 0. The maximum absolute atomic E-state index is 8.35. The summed E-state index contributed by atoms with van der Waals surface area (Å²) in [5, 5.41) is 8.35. The zero-order valence-electron chi connectivity index (χ0n) is 6.88. The van der Waals surface area contributed by atoms with Crippen LogP contribution in [0.4, 0.5) is 0 Å². The fraction of sp³-hybridized carbons (Fsp3) is 0.250. The van der Waals surface area contributed by atoms with Crippen molar-refractivity contribution in [3.8, 4) is 6.07 Å². The summed E-state index contributed by atoms with van der Waals surface area (Å²) in [6.45, 7) is 0. The highest BCUT2D eigenvalue weighted by atomic mass is 35.5. The number of nitrogens with two attached hydrogens (primary N) is 1. The molecule has 3 nitrogen and oxygen atoms in total. The van der Waals surface area contributed by atoms with Crippen molar-refractivity contribution in [1.29, 1.82) is 5.26 Å². The number of hydrogen-bond acceptors (Lipinski definition) is 3. The van der Waals surface area contributed by atoms with Crippen molar-refractivity contribution in [2.45, 2.75) is 12.5 Å². The van der Waals surface area contributed by atoms with E-state index in [1.54, 1.807) is 12.4 Å². The van der Waals surface area contributed by atoms with Crippen molar-refractivity contribution in [3.63, 3.8) is 0 Å². The van der Waals surface area contributed by atoms with Crippen molar-refractivity contribution in [3.05, 3.63) is 30.1 Å². The molecule has 5 heteroatoms. The van der Waals surface area contributed by atoms with Crippen molar-refractivity contribution in [2.75, 3.05) is 0 Å². The van der Waals surface area contributed by atoms with E-state index in [0.717, 1.165) is 5.56 Å². The zero-order valence-corrected chi connectivity index (χ0v) is 8.52. The molecule has 13 heavy (non-hydrogen) atoms. The van der Waals surface area contributed by atoms with Crippen LogP contribution in [0, 0.1) is 11.3 Å². The van der Waals surface area contributed by atoms with E-state index in [4.69, 9.17) is 11.0 Å². The van der Waals surface area contributed by atoms with Gasteiger partial charge in [0.05, 0.1) is 12.5 Å². The van der Waals surface area contributed by atoms with Gasteiger partial charge in [0, 0.05) is 18.4 Å². The van der Waals surface area contributed by atoms with Crippen molar-refractivity contribution < 1.29 is 0 Å². The topological polar surface area (TPSA) is 62.7 Å². The van der Waals surface area contributed by atoms with Crippen molar-refractivity contribution >= 4 is 24.8 Å². The first-order valence-electron chi connectivity index (χ1n) is 3.37. The Labute approximate surface area is 89.8 Å². The summed E-state index contributed by atoms with van der Waals surface area (Å²) < 4.78 is 0. The van der Waals surface area contributed by atoms with E-state index in [1.165, 1.54) is 0 Å². The third-order valence-electron chi connectivity index (χ3n) is 1.45. The smallest absolute Gasteiger partial charge is 0.0641 e. The van der Waals surface area contributed by atoms with Crippen molar-refractivity contribution in [2.24, 2.45) is 5.73 Å². The lowest BCUT2D eigenvalue weighted by Crippen LogP contribution is -2.08. The van der Waals surface area contributed by atoms with Crippen LogP contribution in [0.1, 0.15) is 18.0 Å². The van der Waals surface area contributed by atoms with Crippen molar-refractivity contribution in [1.82, 2.24) is 4.98 Å². The van der Waals surface area contributed by atoms with Crippen LogP contribution in [0.3, 0.4) is 0 Å². The highest BCUT2D eigenvalue weighted by molar-refractivity contribution is 5.85. The summed E-state index contributed by atoms with van der Waals surface area (Å²) in [5.41, 5.74) is 6.62. The van der Waals surface area contributed by atoms with Crippen LogP contribution in [0.5, 0.6) is 0 Å². The first kappa shape index (κ1) is 14.7. The summed E-state index contributed by atoms with van der Waals surface area (Å²) in [5.74, 6) is 0. The third kappa shape index (κ3) is 4.69. The highest BCUT2D eigenvalue weighted by Crippen LogP contribution is 2.10. The second-order valence-corrected chi connectivity index (χ2v) is 2.25. The minimum absolute atomic E-state index is 0. The Morgan fingerprint density at radius 3 is 2.38 bits per heavy atom. The zero-order chi connectivity index (χ0) is 8.10. The van der Waals surface area contributed by atoms with Gasteiger partial charge in [-0.05, 0) is 17.7 Å². The minimum atomic E-state index is -0.178. The van der Waals surface area contributed by atoms with Crippen LogP contribution in [0.2, 0.25) is 0 Å². The Morgan fingerprint density at radius 1 is 1.38 bits per heavy atom. The second kappa shape index (κ2) is 7.81. The van der Waals surface area contributed by atoms with E-state index < -0.39 is 0 Å². The Kier molecular flexibility index (Phi) is 8.83. The van der Waals surface area contributed by atoms with Crippen LogP contribution in [-0.4, -0.2) is 4.98 Å². The number of nitriles is 1. The molecule has 1 aromatic rings. The molecule has 0 aliphatic heterocycles. The second-order valence-electron chi connectivity index (χ2n) is 2.25. The summed E-state index contributed by atoms with van der Waals surface area (Å²) >= 11 is 0. The predicted molar refractivity (Wildman–Crippen MR) is 55.9 cm³/mol. The maximum atomic E-state index is 8.35. The normalized spacial score (nSPS) is 10.2. The monoisotopic (exact) mass is 219 g/mol. The third-order valence-corrected chi connectivity index (χ3v) is 1.45. The van der Waals surface area contributed by atoms with Crippen LogP contribution < -0.4 is 5.73 Å². The molecule has 0 saturated heterocycles. The molecule has 0 fully saturated rings. The highest BCUT2D eigenvalue weighted by Gasteiger charge is 2.02. The molecule has 1 aromatic heterocycles. The van der Waals surface area contributed by atoms with Crippen LogP contribution >= 0.6 is 24.8 Å². The molecular weight excluding hydrogens is 209 g/mol. The molecule has 0 aliphatic carbocycles. The van der Waals surface area contributed by atoms with E-state index >= 15 is 0 Å². The van der Waals surface area contributed by atoms with E-state index in [2.05, 4.69) is 4.98 Å². The maximum Gasteiger partial charge on any atom is 0.0641 e. The summed E-state index contributed by atoms with van der Waals surface area (Å²) in [4.78, 5) is 3.85. The molecule has 72 valence electrons. The molecule has 0 amide bonds. The Hall–Kier alpha value is -0.820. The quantitative estimate of drug-likeness (QED) is 0.826. The van der Waals surface area contributed by atoms with Crippen LogP contribution in [-0.2, 0) is 0 Å². The van der Waals surface area contributed by atoms with E-state index in [1.807, 2.05) is 18.2 Å². The van der Waals surface area contributed by atoms with Gasteiger partial charge in [0.1, 0.15) is 0 Å². The van der Waals surface area contributed by atoms with Gasteiger partial charge < -0.3 is 5.73 Å². The van der Waals surface area contributed by atoms with E-state index in [9.17, 15) is 0 Å². The molecule has 0 radical (unpaired) electrons. The number of pyridine rings is 1. The number of nitrogens with zero attached hydrogens (tertiary/aromatic N) is 2. The molecule has 1 heterocycles. The first-order chi connectivity index (χ1) is 5.34. The Bertz CT molecular complexity index is 258. The fourth-order valence-electron chi connectivity index (χ4n) is 0.827. The molecular formula is C8H11Cl2N3. The number of hydrogen-bond donors (Lipinski definition) is 1. The number of halogens is 2. The molecule has 2 N–H and O–H groups in total. The number of rotatable bonds is 2. The molecule has 0 aliphatic rings. The summed E-state index contributed by atoms with van der Waals surface area (Å²) in [6.07, 6.45) is 3.70. The van der Waals surface area contributed by atoms with Gasteiger partial charge in [0.15, 0.2) is 0 Å². The summed E-state index contributed by atoms with van der Waals surface area (Å²) in [6, 6.07) is 5.49. The predicted octanol–water partition coefficient (Wildman–Crippen LogP) is 1.84.